The lowest BCUT2D eigenvalue weighted by Crippen LogP contribution is -2.38. The Bertz CT molecular complexity index is 496. The molecule has 0 fully saturated rings. The van der Waals surface area contributed by atoms with Crippen molar-refractivity contribution in [2.75, 3.05) is 13.2 Å². The van der Waals surface area contributed by atoms with E-state index in [2.05, 4.69) is 5.32 Å². The summed E-state index contributed by atoms with van der Waals surface area (Å²) in [5.41, 5.74) is 1.13. The summed E-state index contributed by atoms with van der Waals surface area (Å²) in [5, 5.41) is 3.32. The molecule has 2 aromatic rings. The molecule has 1 aliphatic rings. The third kappa shape index (κ3) is 2.49. The molecule has 1 aromatic heterocycles. The Kier molecular flexibility index (Phi) is 3.19. The predicted molar refractivity (Wildman–Crippen MR) is 66.8 cm³/mol. The van der Waals surface area contributed by atoms with Crippen LogP contribution in [-0.2, 0) is 6.54 Å². The zero-order chi connectivity index (χ0) is 12.2. The maximum Gasteiger partial charge on any atom is 0.161 e. The summed E-state index contributed by atoms with van der Waals surface area (Å²) >= 11 is 0. The number of rotatable bonds is 4. The maximum absolute atomic E-state index is 5.84. The number of furan rings is 1. The summed E-state index contributed by atoms with van der Waals surface area (Å²) in [7, 11) is 0. The van der Waals surface area contributed by atoms with Crippen molar-refractivity contribution in [3.05, 3.63) is 48.4 Å². The van der Waals surface area contributed by atoms with Gasteiger partial charge < -0.3 is 19.2 Å². The minimum absolute atomic E-state index is 0.0480. The van der Waals surface area contributed by atoms with Crippen molar-refractivity contribution < 1.29 is 13.9 Å². The van der Waals surface area contributed by atoms with E-state index < -0.39 is 0 Å². The lowest BCUT2D eigenvalue weighted by molar-refractivity contribution is 0.0902. The number of hydrogen-bond donors (Lipinski definition) is 1. The smallest absolute Gasteiger partial charge is 0.161 e. The van der Waals surface area contributed by atoms with E-state index in [4.69, 9.17) is 13.9 Å². The Morgan fingerprint density at radius 1 is 1.17 bits per heavy atom. The van der Waals surface area contributed by atoms with Crippen LogP contribution in [0, 0.1) is 0 Å². The third-order valence-corrected chi connectivity index (χ3v) is 2.85. The molecule has 4 nitrogen and oxygen atoms in total. The largest absolute Gasteiger partial charge is 0.486 e. The van der Waals surface area contributed by atoms with Gasteiger partial charge in [-0.15, -0.1) is 0 Å². The van der Waals surface area contributed by atoms with Crippen LogP contribution < -0.4 is 14.8 Å². The minimum atomic E-state index is 0.0480. The number of ether oxygens (including phenoxy) is 2. The second-order valence-electron chi connectivity index (χ2n) is 4.26. The Hall–Kier alpha value is -1.94. The van der Waals surface area contributed by atoms with E-state index in [1.165, 1.54) is 0 Å². The van der Waals surface area contributed by atoms with E-state index in [-0.39, 0.29) is 6.10 Å². The van der Waals surface area contributed by atoms with Gasteiger partial charge >= 0.3 is 0 Å². The molecular formula is C14H15NO3. The van der Waals surface area contributed by atoms with Crippen molar-refractivity contribution in [1.29, 1.82) is 0 Å². The normalized spacial score (nSPS) is 17.7. The van der Waals surface area contributed by atoms with Crippen LogP contribution in [0.3, 0.4) is 0 Å². The maximum atomic E-state index is 5.84. The number of nitrogens with one attached hydrogen (secondary N) is 1. The van der Waals surface area contributed by atoms with Crippen LogP contribution in [0.25, 0.3) is 0 Å². The van der Waals surface area contributed by atoms with Gasteiger partial charge in [-0.2, -0.15) is 0 Å². The highest BCUT2D eigenvalue weighted by Crippen LogP contribution is 2.30. The summed E-state index contributed by atoms with van der Waals surface area (Å²) in [6.45, 7) is 2.10. The fraction of sp³-hybridized carbons (Fsp3) is 0.286. The second kappa shape index (κ2) is 5.14. The van der Waals surface area contributed by atoms with Gasteiger partial charge in [-0.05, 0) is 18.2 Å². The molecule has 3 rings (SSSR count). The lowest BCUT2D eigenvalue weighted by atomic mass is 10.2. The van der Waals surface area contributed by atoms with Gasteiger partial charge in [0.1, 0.15) is 12.7 Å². The molecule has 1 aliphatic heterocycles. The van der Waals surface area contributed by atoms with Gasteiger partial charge in [0.15, 0.2) is 11.5 Å². The summed E-state index contributed by atoms with van der Waals surface area (Å²) in [6.07, 6.45) is 3.46. The third-order valence-electron chi connectivity index (χ3n) is 2.85. The topological polar surface area (TPSA) is 43.6 Å². The van der Waals surface area contributed by atoms with Crippen molar-refractivity contribution in [3.63, 3.8) is 0 Å². The molecule has 0 saturated carbocycles. The number of benzene rings is 1. The molecule has 0 bridgehead atoms. The fourth-order valence-corrected chi connectivity index (χ4v) is 1.93. The Balaban J connectivity index is 1.51. The quantitative estimate of drug-likeness (QED) is 0.897. The summed E-state index contributed by atoms with van der Waals surface area (Å²) in [6, 6.07) is 9.69. The first-order valence-electron chi connectivity index (χ1n) is 6.02. The van der Waals surface area contributed by atoms with E-state index in [0.717, 1.165) is 30.2 Å². The van der Waals surface area contributed by atoms with Gasteiger partial charge in [0, 0.05) is 18.7 Å². The molecule has 0 radical (unpaired) electrons. The molecule has 0 aliphatic carbocycles. The molecule has 94 valence electrons. The van der Waals surface area contributed by atoms with Gasteiger partial charge in [-0.1, -0.05) is 12.1 Å². The molecule has 0 spiro atoms. The van der Waals surface area contributed by atoms with Crippen LogP contribution in [0.5, 0.6) is 11.5 Å². The van der Waals surface area contributed by atoms with Crippen molar-refractivity contribution in [2.45, 2.75) is 12.6 Å². The first-order valence-corrected chi connectivity index (χ1v) is 6.02. The van der Waals surface area contributed by atoms with Gasteiger partial charge in [0.25, 0.3) is 0 Å². The first-order chi connectivity index (χ1) is 8.92. The van der Waals surface area contributed by atoms with Crippen LogP contribution in [0.1, 0.15) is 5.56 Å². The Morgan fingerprint density at radius 2 is 2.06 bits per heavy atom. The van der Waals surface area contributed by atoms with Crippen LogP contribution >= 0.6 is 0 Å². The number of fused-ring (bicyclic) bond motifs is 1. The summed E-state index contributed by atoms with van der Waals surface area (Å²) in [4.78, 5) is 0. The molecule has 1 unspecified atom stereocenters. The zero-order valence-corrected chi connectivity index (χ0v) is 9.96. The SMILES string of the molecule is c1ccc2c(c1)OCC(CNCc1ccoc1)O2. The van der Waals surface area contributed by atoms with Crippen LogP contribution in [0.4, 0.5) is 0 Å². The summed E-state index contributed by atoms with van der Waals surface area (Å²) in [5.74, 6) is 1.64. The van der Waals surface area contributed by atoms with Gasteiger partial charge in [0.2, 0.25) is 0 Å². The minimum Gasteiger partial charge on any atom is -0.486 e. The zero-order valence-electron chi connectivity index (χ0n) is 9.96. The van der Waals surface area contributed by atoms with Gasteiger partial charge in [0.05, 0.1) is 12.5 Å². The highest BCUT2D eigenvalue weighted by atomic mass is 16.6. The van der Waals surface area contributed by atoms with Crippen molar-refractivity contribution in [3.8, 4) is 11.5 Å². The molecule has 4 heteroatoms. The van der Waals surface area contributed by atoms with E-state index in [1.807, 2.05) is 30.3 Å². The van der Waals surface area contributed by atoms with Crippen molar-refractivity contribution in [1.82, 2.24) is 5.32 Å². The standard InChI is InChI=1S/C14H15NO3/c1-2-4-14-13(3-1)17-10-12(18-14)8-15-7-11-5-6-16-9-11/h1-6,9,12,15H,7-8,10H2. The van der Waals surface area contributed by atoms with Crippen LogP contribution in [0.2, 0.25) is 0 Å². The highest BCUT2D eigenvalue weighted by molar-refractivity contribution is 5.40. The molecule has 2 heterocycles. The Labute approximate surface area is 106 Å². The lowest BCUT2D eigenvalue weighted by Gasteiger charge is -2.26. The van der Waals surface area contributed by atoms with Crippen molar-refractivity contribution >= 4 is 0 Å². The van der Waals surface area contributed by atoms with Crippen LogP contribution in [0.15, 0.2) is 47.3 Å². The molecule has 0 amide bonds. The molecule has 1 aromatic carbocycles. The molecule has 1 atom stereocenters. The molecule has 0 saturated heterocycles. The van der Waals surface area contributed by atoms with Gasteiger partial charge in [-0.25, -0.2) is 0 Å². The monoisotopic (exact) mass is 245 g/mol. The van der Waals surface area contributed by atoms with E-state index >= 15 is 0 Å². The average Bonchev–Trinajstić information content (AvgIpc) is 2.92. The molecule has 1 N–H and O–H groups in total. The first kappa shape index (κ1) is 11.2. The van der Waals surface area contributed by atoms with E-state index in [1.54, 1.807) is 12.5 Å². The van der Waals surface area contributed by atoms with E-state index in [0.29, 0.717) is 6.61 Å². The second-order valence-corrected chi connectivity index (χ2v) is 4.26. The van der Waals surface area contributed by atoms with Crippen molar-refractivity contribution in [2.24, 2.45) is 0 Å². The number of hydrogen-bond acceptors (Lipinski definition) is 4. The van der Waals surface area contributed by atoms with E-state index in [9.17, 15) is 0 Å². The Morgan fingerprint density at radius 3 is 2.89 bits per heavy atom. The average molecular weight is 245 g/mol. The fourth-order valence-electron chi connectivity index (χ4n) is 1.93. The highest BCUT2D eigenvalue weighted by Gasteiger charge is 2.19. The number of para-hydroxylation sites is 2. The molecule has 18 heavy (non-hydrogen) atoms. The van der Waals surface area contributed by atoms with Gasteiger partial charge in [-0.3, -0.25) is 0 Å². The predicted octanol–water partition coefficient (Wildman–Crippen LogP) is 2.21. The molecular weight excluding hydrogens is 230 g/mol. The summed E-state index contributed by atoms with van der Waals surface area (Å²) < 4.78 is 16.5. The van der Waals surface area contributed by atoms with Crippen LogP contribution in [-0.4, -0.2) is 19.3 Å².